The summed E-state index contributed by atoms with van der Waals surface area (Å²) in [6.45, 7) is 0. The van der Waals surface area contributed by atoms with Crippen molar-refractivity contribution in [3.8, 4) is 0 Å². The van der Waals surface area contributed by atoms with E-state index in [0.29, 0.717) is 16.8 Å². The number of carbonyl (C=O) groups excluding carboxylic acids is 3. The van der Waals surface area contributed by atoms with Crippen molar-refractivity contribution in [3.63, 3.8) is 0 Å². The van der Waals surface area contributed by atoms with Crippen molar-refractivity contribution in [2.75, 3.05) is 12.4 Å². The highest BCUT2D eigenvalue weighted by Crippen LogP contribution is 2.33. The molecule has 1 aromatic rings. The summed E-state index contributed by atoms with van der Waals surface area (Å²) in [5.74, 6) is -0.691. The van der Waals surface area contributed by atoms with E-state index in [-0.39, 0.29) is 23.6 Å². The fourth-order valence-electron chi connectivity index (χ4n) is 2.09. The van der Waals surface area contributed by atoms with Crippen LogP contribution in [0.5, 0.6) is 0 Å². The van der Waals surface area contributed by atoms with Gasteiger partial charge in [-0.15, -0.1) is 0 Å². The lowest BCUT2D eigenvalue weighted by Crippen LogP contribution is -2.24. The lowest BCUT2D eigenvalue weighted by atomic mass is 10.1. The van der Waals surface area contributed by atoms with Crippen LogP contribution in [0, 0.1) is 5.92 Å². The second-order valence-electron chi connectivity index (χ2n) is 4.66. The number of fused-ring (bicyclic) bond motifs is 1. The minimum Gasteiger partial charge on any atom is -0.325 e. The first-order valence-corrected chi connectivity index (χ1v) is 5.86. The fourth-order valence-corrected chi connectivity index (χ4v) is 2.09. The van der Waals surface area contributed by atoms with Crippen molar-refractivity contribution < 1.29 is 14.4 Å². The first-order valence-electron chi connectivity index (χ1n) is 5.86. The topological polar surface area (TPSA) is 66.5 Å². The van der Waals surface area contributed by atoms with E-state index in [9.17, 15) is 14.4 Å². The van der Waals surface area contributed by atoms with Gasteiger partial charge < -0.3 is 5.32 Å². The SMILES string of the molecule is CN1C(=O)c2cccc(NC(=O)C3CC3)c2C1=O. The summed E-state index contributed by atoms with van der Waals surface area (Å²) in [6, 6.07) is 4.93. The summed E-state index contributed by atoms with van der Waals surface area (Å²) in [4.78, 5) is 36.5. The highest BCUT2D eigenvalue weighted by atomic mass is 16.2. The second kappa shape index (κ2) is 3.66. The summed E-state index contributed by atoms with van der Waals surface area (Å²) in [5, 5.41) is 2.74. The zero-order valence-corrected chi connectivity index (χ0v) is 9.90. The quantitative estimate of drug-likeness (QED) is 0.796. The maximum Gasteiger partial charge on any atom is 0.263 e. The van der Waals surface area contributed by atoms with Gasteiger partial charge in [0.05, 0.1) is 16.8 Å². The highest BCUT2D eigenvalue weighted by molar-refractivity contribution is 6.24. The minimum absolute atomic E-state index is 0.0609. The Morgan fingerprint density at radius 3 is 2.67 bits per heavy atom. The van der Waals surface area contributed by atoms with Crippen LogP contribution in [0.25, 0.3) is 0 Å². The zero-order valence-electron chi connectivity index (χ0n) is 9.90. The minimum atomic E-state index is -0.360. The number of hydrogen-bond acceptors (Lipinski definition) is 3. The van der Waals surface area contributed by atoms with Gasteiger partial charge >= 0.3 is 0 Å². The molecule has 5 heteroatoms. The van der Waals surface area contributed by atoms with E-state index in [1.807, 2.05) is 0 Å². The van der Waals surface area contributed by atoms with Gasteiger partial charge in [-0.05, 0) is 25.0 Å². The maximum atomic E-state index is 11.9. The molecule has 0 atom stereocenters. The molecule has 1 aliphatic carbocycles. The third kappa shape index (κ3) is 1.51. The van der Waals surface area contributed by atoms with E-state index in [4.69, 9.17) is 0 Å². The number of anilines is 1. The standard InChI is InChI=1S/C13H12N2O3/c1-15-12(17)8-3-2-4-9(10(8)13(15)18)14-11(16)7-5-6-7/h2-4,7H,5-6H2,1H3,(H,14,16). The largest absolute Gasteiger partial charge is 0.325 e. The number of rotatable bonds is 2. The monoisotopic (exact) mass is 244 g/mol. The molecule has 1 aromatic carbocycles. The molecule has 3 amide bonds. The lowest BCUT2D eigenvalue weighted by Gasteiger charge is -2.08. The van der Waals surface area contributed by atoms with Gasteiger partial charge in [0, 0.05) is 13.0 Å². The lowest BCUT2D eigenvalue weighted by molar-refractivity contribution is -0.117. The summed E-state index contributed by atoms with van der Waals surface area (Å²) in [7, 11) is 1.44. The van der Waals surface area contributed by atoms with Gasteiger partial charge in [0.15, 0.2) is 0 Å². The van der Waals surface area contributed by atoms with Crippen molar-refractivity contribution in [1.29, 1.82) is 0 Å². The van der Waals surface area contributed by atoms with Crippen LogP contribution in [0.1, 0.15) is 33.6 Å². The fraction of sp³-hybridized carbons (Fsp3) is 0.308. The first-order chi connectivity index (χ1) is 8.59. The molecule has 1 saturated carbocycles. The molecule has 1 fully saturated rings. The average Bonchev–Trinajstić information content (AvgIpc) is 3.17. The Bertz CT molecular complexity index is 576. The number of hydrogen-bond donors (Lipinski definition) is 1. The van der Waals surface area contributed by atoms with E-state index in [1.165, 1.54) is 7.05 Å². The molecule has 0 saturated heterocycles. The average molecular weight is 244 g/mol. The van der Waals surface area contributed by atoms with Gasteiger partial charge in [-0.25, -0.2) is 0 Å². The van der Waals surface area contributed by atoms with Crippen LogP contribution in [0.2, 0.25) is 0 Å². The van der Waals surface area contributed by atoms with Crippen LogP contribution in [0.15, 0.2) is 18.2 Å². The van der Waals surface area contributed by atoms with E-state index >= 15 is 0 Å². The van der Waals surface area contributed by atoms with Crippen molar-refractivity contribution >= 4 is 23.4 Å². The van der Waals surface area contributed by atoms with Crippen molar-refractivity contribution in [2.24, 2.45) is 5.92 Å². The Kier molecular flexibility index (Phi) is 2.23. The predicted octanol–water partition coefficient (Wildman–Crippen LogP) is 1.26. The molecular formula is C13H12N2O3. The van der Waals surface area contributed by atoms with Gasteiger partial charge in [0.1, 0.15) is 0 Å². The summed E-state index contributed by atoms with van der Waals surface area (Å²) >= 11 is 0. The Labute approximate surface area is 104 Å². The van der Waals surface area contributed by atoms with Gasteiger partial charge in [-0.2, -0.15) is 0 Å². The van der Waals surface area contributed by atoms with Gasteiger partial charge in [-0.1, -0.05) is 6.07 Å². The second-order valence-corrected chi connectivity index (χ2v) is 4.66. The summed E-state index contributed by atoms with van der Waals surface area (Å²) in [5.41, 5.74) is 1.10. The number of nitrogens with zero attached hydrogens (tertiary/aromatic N) is 1. The van der Waals surface area contributed by atoms with E-state index in [0.717, 1.165) is 17.7 Å². The molecule has 0 unspecified atom stereocenters. The molecule has 2 aliphatic rings. The van der Waals surface area contributed by atoms with E-state index < -0.39 is 0 Å². The third-order valence-corrected chi connectivity index (χ3v) is 3.32. The molecule has 1 N–H and O–H groups in total. The molecule has 1 heterocycles. The molecule has 0 aromatic heterocycles. The van der Waals surface area contributed by atoms with Crippen molar-refractivity contribution in [2.45, 2.75) is 12.8 Å². The number of amides is 3. The third-order valence-electron chi connectivity index (χ3n) is 3.32. The Hall–Kier alpha value is -2.17. The van der Waals surface area contributed by atoms with Crippen LogP contribution < -0.4 is 5.32 Å². The van der Waals surface area contributed by atoms with Gasteiger partial charge in [0.25, 0.3) is 11.8 Å². The summed E-state index contributed by atoms with van der Waals surface area (Å²) < 4.78 is 0. The molecule has 18 heavy (non-hydrogen) atoms. The van der Waals surface area contributed by atoms with Crippen LogP contribution in [-0.4, -0.2) is 29.7 Å². The zero-order chi connectivity index (χ0) is 12.9. The van der Waals surface area contributed by atoms with Crippen LogP contribution in [0.4, 0.5) is 5.69 Å². The number of nitrogens with one attached hydrogen (secondary N) is 1. The van der Waals surface area contributed by atoms with Crippen LogP contribution >= 0.6 is 0 Å². The Balaban J connectivity index is 2.00. The van der Waals surface area contributed by atoms with E-state index in [1.54, 1.807) is 18.2 Å². The van der Waals surface area contributed by atoms with Crippen LogP contribution in [0.3, 0.4) is 0 Å². The summed E-state index contributed by atoms with van der Waals surface area (Å²) in [6.07, 6.45) is 1.79. The van der Waals surface area contributed by atoms with Crippen molar-refractivity contribution in [1.82, 2.24) is 4.90 Å². The molecule has 3 rings (SSSR count). The normalized spacial score (nSPS) is 17.9. The van der Waals surface area contributed by atoms with Crippen LogP contribution in [-0.2, 0) is 4.79 Å². The number of benzene rings is 1. The Morgan fingerprint density at radius 2 is 2.00 bits per heavy atom. The van der Waals surface area contributed by atoms with Crippen molar-refractivity contribution in [3.05, 3.63) is 29.3 Å². The van der Waals surface area contributed by atoms with E-state index in [2.05, 4.69) is 5.32 Å². The number of imide groups is 1. The molecule has 1 aliphatic heterocycles. The highest BCUT2D eigenvalue weighted by Gasteiger charge is 2.36. The van der Waals surface area contributed by atoms with Gasteiger partial charge in [0.2, 0.25) is 5.91 Å². The predicted molar refractivity (Wildman–Crippen MR) is 64.2 cm³/mol. The smallest absolute Gasteiger partial charge is 0.263 e. The molecule has 0 spiro atoms. The first kappa shape index (κ1) is 11.0. The number of carbonyl (C=O) groups is 3. The molecular weight excluding hydrogens is 232 g/mol. The van der Waals surface area contributed by atoms with Gasteiger partial charge in [-0.3, -0.25) is 19.3 Å². The maximum absolute atomic E-state index is 11.9. The molecule has 92 valence electrons. The molecule has 5 nitrogen and oxygen atoms in total. The molecule has 0 bridgehead atoms. The molecule has 0 radical (unpaired) electrons. The Morgan fingerprint density at radius 1 is 1.28 bits per heavy atom.